The summed E-state index contributed by atoms with van der Waals surface area (Å²) in [6.07, 6.45) is 0.897. The highest BCUT2D eigenvalue weighted by Gasteiger charge is 2.35. The molecule has 1 atom stereocenters. The Bertz CT molecular complexity index is 443. The van der Waals surface area contributed by atoms with E-state index in [1.54, 1.807) is 16.2 Å². The monoisotopic (exact) mass is 301 g/mol. The summed E-state index contributed by atoms with van der Waals surface area (Å²) < 4.78 is 0.983. The third kappa shape index (κ3) is 1.87. The van der Waals surface area contributed by atoms with Crippen molar-refractivity contribution in [3.8, 4) is 0 Å². The van der Waals surface area contributed by atoms with E-state index >= 15 is 0 Å². The first-order chi connectivity index (χ1) is 7.65. The van der Waals surface area contributed by atoms with Gasteiger partial charge in [0.1, 0.15) is 11.9 Å². The second-order valence-corrected chi connectivity index (χ2v) is 5.35. The number of aliphatic imine (C=N–C) groups is 1. The number of nitrogens with zero attached hydrogens (tertiary/aromatic N) is 2. The average molecular weight is 302 g/mol. The van der Waals surface area contributed by atoms with Crippen molar-refractivity contribution in [1.82, 2.24) is 4.90 Å². The molecule has 2 N–H and O–H groups in total. The number of amidine groups is 1. The molecule has 0 bridgehead atoms. The second-order valence-electron chi connectivity index (χ2n) is 3.55. The lowest BCUT2D eigenvalue weighted by Crippen LogP contribution is -2.33. The van der Waals surface area contributed by atoms with Crippen molar-refractivity contribution in [1.29, 1.82) is 0 Å². The number of urea groups is 1. The minimum Gasteiger partial charge on any atom is -0.385 e. The van der Waals surface area contributed by atoms with Crippen LogP contribution in [0.15, 0.2) is 20.9 Å². The first-order valence-electron chi connectivity index (χ1n) is 5.02. The van der Waals surface area contributed by atoms with Gasteiger partial charge < -0.3 is 10.6 Å². The largest absolute Gasteiger partial charge is 0.385 e. The van der Waals surface area contributed by atoms with Gasteiger partial charge in [0.05, 0.1) is 0 Å². The minimum atomic E-state index is -0.232. The Morgan fingerprint density at radius 1 is 1.69 bits per heavy atom. The smallest absolute Gasteiger partial charge is 0.346 e. The predicted molar refractivity (Wildman–Crippen MR) is 68.8 cm³/mol. The highest BCUT2D eigenvalue weighted by atomic mass is 79.9. The van der Waals surface area contributed by atoms with E-state index in [0.717, 1.165) is 15.8 Å². The summed E-state index contributed by atoms with van der Waals surface area (Å²) >= 11 is 5.04. The van der Waals surface area contributed by atoms with Gasteiger partial charge in [0.15, 0.2) is 0 Å². The summed E-state index contributed by atoms with van der Waals surface area (Å²) in [6.45, 7) is 2.71. The first kappa shape index (κ1) is 11.6. The van der Waals surface area contributed by atoms with Gasteiger partial charge >= 0.3 is 6.03 Å². The lowest BCUT2D eigenvalue weighted by atomic mass is 10.2. The number of halogens is 1. The molecule has 6 heteroatoms. The Kier molecular flexibility index (Phi) is 3.30. The van der Waals surface area contributed by atoms with Crippen molar-refractivity contribution in [2.75, 3.05) is 6.54 Å². The van der Waals surface area contributed by atoms with Crippen molar-refractivity contribution < 1.29 is 4.79 Å². The van der Waals surface area contributed by atoms with Gasteiger partial charge in [-0.3, -0.25) is 0 Å². The number of carbonyl (C=O) groups excluding carboxylic acids is 1. The summed E-state index contributed by atoms with van der Waals surface area (Å²) in [5.74, 6) is 0.390. The van der Waals surface area contributed by atoms with Crippen LogP contribution in [0.4, 0.5) is 4.79 Å². The zero-order valence-electron chi connectivity index (χ0n) is 8.81. The fourth-order valence-electron chi connectivity index (χ4n) is 1.75. The number of hydrogen-bond donors (Lipinski definition) is 1. The summed E-state index contributed by atoms with van der Waals surface area (Å²) in [6, 6.07) is 1.53. The zero-order valence-corrected chi connectivity index (χ0v) is 11.2. The Hall–Kier alpha value is -0.880. The maximum atomic E-state index is 11.6. The molecule has 1 aromatic heterocycles. The molecule has 0 radical (unpaired) electrons. The quantitative estimate of drug-likeness (QED) is 0.933. The summed E-state index contributed by atoms with van der Waals surface area (Å²) in [5, 5.41) is 1.97. The summed E-state index contributed by atoms with van der Waals surface area (Å²) in [5.41, 5.74) is 5.82. The molecule has 0 saturated heterocycles. The summed E-state index contributed by atoms with van der Waals surface area (Å²) in [4.78, 5) is 18.2. The minimum absolute atomic E-state index is 0.193. The molecular weight excluding hydrogens is 290 g/mol. The molecular formula is C10H12BrN3OS. The van der Waals surface area contributed by atoms with Gasteiger partial charge in [0, 0.05) is 15.9 Å². The second kappa shape index (κ2) is 4.55. The standard InChI is InChI=1S/C10H12BrN3OS/c1-2-4-14-7(9(12)13-10(14)15)8-6(11)3-5-16-8/h3,5,7H,2,4H2,1H3,(H2,12,13,15). The molecule has 2 heterocycles. The maximum Gasteiger partial charge on any atom is 0.346 e. The van der Waals surface area contributed by atoms with Crippen molar-refractivity contribution in [3.05, 3.63) is 20.8 Å². The fraction of sp³-hybridized carbons (Fsp3) is 0.400. The topological polar surface area (TPSA) is 58.7 Å². The number of nitrogens with two attached hydrogens (primary N) is 1. The molecule has 86 valence electrons. The Balaban J connectivity index is 2.35. The molecule has 1 aromatic rings. The van der Waals surface area contributed by atoms with Crippen LogP contribution in [0.1, 0.15) is 24.3 Å². The molecule has 2 amide bonds. The van der Waals surface area contributed by atoms with E-state index < -0.39 is 0 Å². The van der Waals surface area contributed by atoms with Gasteiger partial charge in [-0.15, -0.1) is 11.3 Å². The molecule has 2 rings (SSSR count). The number of amides is 2. The molecule has 16 heavy (non-hydrogen) atoms. The van der Waals surface area contributed by atoms with Gasteiger partial charge in [-0.05, 0) is 33.8 Å². The summed E-state index contributed by atoms with van der Waals surface area (Å²) in [7, 11) is 0. The Morgan fingerprint density at radius 3 is 3.00 bits per heavy atom. The van der Waals surface area contributed by atoms with Crippen molar-refractivity contribution in [3.63, 3.8) is 0 Å². The van der Waals surface area contributed by atoms with Crippen molar-refractivity contribution in [2.45, 2.75) is 19.4 Å². The van der Waals surface area contributed by atoms with Gasteiger partial charge in [-0.2, -0.15) is 4.99 Å². The molecule has 0 aliphatic carbocycles. The predicted octanol–water partition coefficient (Wildman–Crippen LogP) is 2.75. The SMILES string of the molecule is CCCN1C(=O)N=C(N)C1c1sccc1Br. The zero-order chi connectivity index (χ0) is 11.7. The van der Waals surface area contributed by atoms with Crippen LogP contribution < -0.4 is 5.73 Å². The number of thiophene rings is 1. The van der Waals surface area contributed by atoms with Gasteiger partial charge in [0.2, 0.25) is 0 Å². The Morgan fingerprint density at radius 2 is 2.44 bits per heavy atom. The lowest BCUT2D eigenvalue weighted by molar-refractivity contribution is 0.207. The Labute approximate surface area is 106 Å². The van der Waals surface area contributed by atoms with Crippen LogP contribution in [0.3, 0.4) is 0 Å². The van der Waals surface area contributed by atoms with Crippen LogP contribution >= 0.6 is 27.3 Å². The molecule has 1 aliphatic heterocycles. The highest BCUT2D eigenvalue weighted by molar-refractivity contribution is 9.10. The molecule has 0 saturated carbocycles. The fourth-order valence-corrected chi connectivity index (χ4v) is 3.46. The maximum absolute atomic E-state index is 11.6. The molecule has 0 fully saturated rings. The van der Waals surface area contributed by atoms with E-state index in [4.69, 9.17) is 5.73 Å². The third-order valence-electron chi connectivity index (χ3n) is 2.42. The van der Waals surface area contributed by atoms with Crippen molar-refractivity contribution in [2.24, 2.45) is 10.7 Å². The van der Waals surface area contributed by atoms with Gasteiger partial charge in [0.25, 0.3) is 0 Å². The number of rotatable bonds is 3. The lowest BCUT2D eigenvalue weighted by Gasteiger charge is -2.23. The van der Waals surface area contributed by atoms with Crippen molar-refractivity contribution >= 4 is 39.1 Å². The number of carbonyl (C=O) groups is 1. The molecule has 4 nitrogen and oxygen atoms in total. The molecule has 0 aromatic carbocycles. The number of hydrogen-bond acceptors (Lipinski definition) is 3. The highest BCUT2D eigenvalue weighted by Crippen LogP contribution is 2.35. The van der Waals surface area contributed by atoms with Crippen LogP contribution in [-0.2, 0) is 0 Å². The van der Waals surface area contributed by atoms with Crippen LogP contribution in [0, 0.1) is 0 Å². The van der Waals surface area contributed by atoms with Crippen LogP contribution in [-0.4, -0.2) is 23.3 Å². The third-order valence-corrected chi connectivity index (χ3v) is 4.34. The van der Waals surface area contributed by atoms with E-state index in [1.807, 2.05) is 18.4 Å². The van der Waals surface area contributed by atoms with Gasteiger partial charge in [-0.1, -0.05) is 6.92 Å². The van der Waals surface area contributed by atoms with Crippen LogP contribution in [0.25, 0.3) is 0 Å². The average Bonchev–Trinajstić information content (AvgIpc) is 2.73. The van der Waals surface area contributed by atoms with E-state index in [9.17, 15) is 4.79 Å². The van der Waals surface area contributed by atoms with E-state index in [0.29, 0.717) is 12.4 Å². The van der Waals surface area contributed by atoms with Crippen LogP contribution in [0.2, 0.25) is 0 Å². The normalized spacial score (nSPS) is 20.4. The molecule has 1 aliphatic rings. The van der Waals surface area contributed by atoms with E-state index in [-0.39, 0.29) is 12.1 Å². The molecule has 1 unspecified atom stereocenters. The van der Waals surface area contributed by atoms with E-state index in [1.165, 1.54) is 0 Å². The first-order valence-corrected chi connectivity index (χ1v) is 6.70. The van der Waals surface area contributed by atoms with Gasteiger partial charge in [-0.25, -0.2) is 4.79 Å². The van der Waals surface area contributed by atoms with Crippen LogP contribution in [0.5, 0.6) is 0 Å². The molecule has 0 spiro atoms. The van der Waals surface area contributed by atoms with E-state index in [2.05, 4.69) is 20.9 Å².